The van der Waals surface area contributed by atoms with Gasteiger partial charge in [0.25, 0.3) is 0 Å². The fourth-order valence-electron chi connectivity index (χ4n) is 2.30. The average Bonchev–Trinajstić information content (AvgIpc) is 2.58. The standard InChI is InChI=1S/C19H22O.2C2H6.CH4/c1-19(2,3)14-16-9-11-17(12-10-16)18(20)13-15-7-5-4-6-8-15;2*1-2;/h4-12H,13-14H2,1-3H3;2*1-2H3;1H4. The van der Waals surface area contributed by atoms with Gasteiger partial charge in [-0.15, -0.1) is 0 Å². The van der Waals surface area contributed by atoms with Gasteiger partial charge in [0, 0.05) is 12.0 Å². The summed E-state index contributed by atoms with van der Waals surface area (Å²) in [6, 6.07) is 17.9. The lowest BCUT2D eigenvalue weighted by molar-refractivity contribution is 0.0993. The van der Waals surface area contributed by atoms with Gasteiger partial charge in [0.2, 0.25) is 0 Å². The number of rotatable bonds is 4. The van der Waals surface area contributed by atoms with Gasteiger partial charge in [0.15, 0.2) is 5.78 Å². The van der Waals surface area contributed by atoms with E-state index in [-0.39, 0.29) is 18.6 Å². The number of hydrogen-bond donors (Lipinski definition) is 0. The lowest BCUT2D eigenvalue weighted by Crippen LogP contribution is -2.09. The molecule has 2 aromatic rings. The van der Waals surface area contributed by atoms with E-state index >= 15 is 0 Å². The van der Waals surface area contributed by atoms with Crippen molar-refractivity contribution >= 4 is 5.78 Å². The molecule has 0 aliphatic heterocycles. The number of carbonyl (C=O) groups excluding carboxylic acids is 1. The second-order valence-corrected chi connectivity index (χ2v) is 6.52. The maximum atomic E-state index is 12.2. The van der Waals surface area contributed by atoms with E-state index in [1.165, 1.54) is 5.56 Å². The van der Waals surface area contributed by atoms with E-state index in [0.717, 1.165) is 17.5 Å². The van der Waals surface area contributed by atoms with E-state index in [4.69, 9.17) is 0 Å². The van der Waals surface area contributed by atoms with Crippen LogP contribution in [0.3, 0.4) is 0 Å². The van der Waals surface area contributed by atoms with Crippen molar-refractivity contribution in [2.24, 2.45) is 5.41 Å². The minimum Gasteiger partial charge on any atom is -0.294 e. The summed E-state index contributed by atoms with van der Waals surface area (Å²) in [5.74, 6) is 0.179. The molecule has 0 N–H and O–H groups in total. The second-order valence-electron chi connectivity index (χ2n) is 6.52. The molecule has 2 rings (SSSR count). The monoisotopic (exact) mass is 342 g/mol. The highest BCUT2D eigenvalue weighted by atomic mass is 16.1. The van der Waals surface area contributed by atoms with Crippen molar-refractivity contribution in [2.75, 3.05) is 0 Å². The maximum Gasteiger partial charge on any atom is 0.167 e. The van der Waals surface area contributed by atoms with Crippen LogP contribution < -0.4 is 0 Å². The first-order chi connectivity index (χ1) is 11.4. The summed E-state index contributed by atoms with van der Waals surface area (Å²) in [5, 5.41) is 0. The molecular weight excluding hydrogens is 304 g/mol. The van der Waals surface area contributed by atoms with E-state index in [9.17, 15) is 4.79 Å². The number of carbonyl (C=O) groups is 1. The van der Waals surface area contributed by atoms with Crippen LogP contribution in [0.2, 0.25) is 0 Å². The number of ketones is 1. The fraction of sp³-hybridized carbons (Fsp3) is 0.458. The van der Waals surface area contributed by atoms with E-state index in [2.05, 4.69) is 32.9 Å². The number of benzene rings is 2. The van der Waals surface area contributed by atoms with Gasteiger partial charge < -0.3 is 0 Å². The van der Waals surface area contributed by atoms with E-state index in [1.54, 1.807) is 0 Å². The van der Waals surface area contributed by atoms with Crippen LogP contribution in [0, 0.1) is 5.41 Å². The first-order valence-electron chi connectivity index (χ1n) is 9.10. The van der Waals surface area contributed by atoms with Crippen molar-refractivity contribution in [1.82, 2.24) is 0 Å². The largest absolute Gasteiger partial charge is 0.294 e. The van der Waals surface area contributed by atoms with Crippen molar-refractivity contribution in [3.8, 4) is 0 Å². The summed E-state index contributed by atoms with van der Waals surface area (Å²) in [6.45, 7) is 14.7. The van der Waals surface area contributed by atoms with Crippen LogP contribution in [0.5, 0.6) is 0 Å². The third-order valence-corrected chi connectivity index (χ3v) is 3.22. The average molecular weight is 343 g/mol. The maximum absolute atomic E-state index is 12.2. The molecule has 0 heterocycles. The Balaban J connectivity index is 0. The molecule has 0 spiro atoms. The van der Waals surface area contributed by atoms with Crippen LogP contribution >= 0.6 is 0 Å². The van der Waals surface area contributed by atoms with Crippen LogP contribution in [0.1, 0.15) is 77.4 Å². The Bertz CT molecular complexity index is 559. The Kier molecular flexibility index (Phi) is 13.6. The van der Waals surface area contributed by atoms with E-state index in [1.807, 2.05) is 70.2 Å². The quantitative estimate of drug-likeness (QED) is 0.529. The number of hydrogen-bond acceptors (Lipinski definition) is 1. The molecule has 0 aliphatic rings. The summed E-state index contributed by atoms with van der Waals surface area (Å²) in [5.41, 5.74) is 3.42. The molecule has 0 radical (unpaired) electrons. The minimum absolute atomic E-state index is 0. The molecule has 0 aliphatic carbocycles. The van der Waals surface area contributed by atoms with Crippen LogP contribution in [0.4, 0.5) is 0 Å². The molecule has 0 atom stereocenters. The SMILES string of the molecule is C.CC.CC.CC(C)(C)Cc1ccc(C(=O)Cc2ccccc2)cc1. The summed E-state index contributed by atoms with van der Waals surface area (Å²) in [6.07, 6.45) is 1.50. The Hall–Kier alpha value is -1.89. The Labute approximate surface area is 156 Å². The molecule has 25 heavy (non-hydrogen) atoms. The van der Waals surface area contributed by atoms with Gasteiger partial charge in [-0.05, 0) is 23.0 Å². The topological polar surface area (TPSA) is 17.1 Å². The van der Waals surface area contributed by atoms with Crippen LogP contribution in [-0.2, 0) is 12.8 Å². The van der Waals surface area contributed by atoms with Gasteiger partial charge in [0.05, 0.1) is 0 Å². The highest BCUT2D eigenvalue weighted by Crippen LogP contribution is 2.21. The molecule has 0 aromatic heterocycles. The first kappa shape index (κ1) is 25.4. The zero-order valence-electron chi connectivity index (χ0n) is 16.5. The molecular formula is C24H38O. The van der Waals surface area contributed by atoms with Crippen molar-refractivity contribution in [3.05, 3.63) is 71.3 Å². The van der Waals surface area contributed by atoms with Crippen LogP contribution in [0.25, 0.3) is 0 Å². The predicted molar refractivity (Wildman–Crippen MR) is 114 cm³/mol. The van der Waals surface area contributed by atoms with Crippen molar-refractivity contribution in [2.45, 2.75) is 68.7 Å². The zero-order valence-corrected chi connectivity index (χ0v) is 16.5. The van der Waals surface area contributed by atoms with Crippen LogP contribution in [0.15, 0.2) is 54.6 Å². The first-order valence-corrected chi connectivity index (χ1v) is 9.10. The molecule has 0 amide bonds. The third-order valence-electron chi connectivity index (χ3n) is 3.22. The van der Waals surface area contributed by atoms with Crippen molar-refractivity contribution in [3.63, 3.8) is 0 Å². The molecule has 0 unspecified atom stereocenters. The third kappa shape index (κ3) is 10.6. The molecule has 2 aromatic carbocycles. The lowest BCUT2D eigenvalue weighted by atomic mass is 9.87. The van der Waals surface area contributed by atoms with E-state index < -0.39 is 0 Å². The molecule has 0 bridgehead atoms. The molecule has 140 valence electrons. The Morgan fingerprint density at radius 1 is 0.760 bits per heavy atom. The Morgan fingerprint density at radius 3 is 1.68 bits per heavy atom. The molecule has 0 saturated carbocycles. The highest BCUT2D eigenvalue weighted by molar-refractivity contribution is 5.97. The summed E-state index contributed by atoms with van der Waals surface area (Å²) in [7, 11) is 0. The normalized spacial score (nSPS) is 9.56. The molecule has 1 nitrogen and oxygen atoms in total. The van der Waals surface area contributed by atoms with Gasteiger partial charge in [-0.1, -0.05) is 110 Å². The zero-order chi connectivity index (χ0) is 18.6. The van der Waals surface area contributed by atoms with Gasteiger partial charge in [0.1, 0.15) is 0 Å². The predicted octanol–water partition coefficient (Wildman–Crippen LogP) is 7.39. The van der Waals surface area contributed by atoms with Gasteiger partial charge >= 0.3 is 0 Å². The number of Topliss-reactive ketones (excluding diaryl/α,β-unsaturated/α-hetero) is 1. The molecule has 1 heteroatoms. The van der Waals surface area contributed by atoms with E-state index in [0.29, 0.717) is 6.42 Å². The summed E-state index contributed by atoms with van der Waals surface area (Å²) < 4.78 is 0. The highest BCUT2D eigenvalue weighted by Gasteiger charge is 2.12. The summed E-state index contributed by atoms with van der Waals surface area (Å²) >= 11 is 0. The minimum atomic E-state index is 0. The molecule has 0 saturated heterocycles. The van der Waals surface area contributed by atoms with Crippen molar-refractivity contribution in [1.29, 1.82) is 0 Å². The Morgan fingerprint density at radius 2 is 1.24 bits per heavy atom. The second kappa shape index (κ2) is 13.4. The lowest BCUT2D eigenvalue weighted by Gasteiger charge is -2.18. The summed E-state index contributed by atoms with van der Waals surface area (Å²) in [4.78, 5) is 12.2. The van der Waals surface area contributed by atoms with Gasteiger partial charge in [-0.25, -0.2) is 0 Å². The molecule has 0 fully saturated rings. The fourth-order valence-corrected chi connectivity index (χ4v) is 2.30. The van der Waals surface area contributed by atoms with Gasteiger partial charge in [-0.2, -0.15) is 0 Å². The van der Waals surface area contributed by atoms with Crippen LogP contribution in [-0.4, -0.2) is 5.78 Å². The smallest absolute Gasteiger partial charge is 0.167 e. The van der Waals surface area contributed by atoms with Crippen molar-refractivity contribution < 1.29 is 4.79 Å². The van der Waals surface area contributed by atoms with Gasteiger partial charge in [-0.3, -0.25) is 4.79 Å².